The van der Waals surface area contributed by atoms with Crippen molar-refractivity contribution in [1.29, 1.82) is 0 Å². The van der Waals surface area contributed by atoms with Crippen LogP contribution in [-0.4, -0.2) is 41.0 Å². The predicted octanol–water partition coefficient (Wildman–Crippen LogP) is 2.39. The molecule has 0 bridgehead atoms. The van der Waals surface area contributed by atoms with E-state index in [0.29, 0.717) is 43.8 Å². The number of nitrogens with zero attached hydrogens (tertiary/aromatic N) is 2. The number of amides is 1. The van der Waals surface area contributed by atoms with Crippen LogP contribution >= 0.6 is 0 Å². The number of benzene rings is 1. The number of pyridine rings is 1. The van der Waals surface area contributed by atoms with Crippen molar-refractivity contribution in [3.05, 3.63) is 64.3 Å². The molecule has 6 nitrogen and oxygen atoms in total. The first-order chi connectivity index (χ1) is 13.0. The van der Waals surface area contributed by atoms with Crippen LogP contribution in [0.1, 0.15) is 30.1 Å². The lowest BCUT2D eigenvalue weighted by Crippen LogP contribution is -2.41. The Balaban J connectivity index is 1.74. The summed E-state index contributed by atoms with van der Waals surface area (Å²) >= 11 is 0. The quantitative estimate of drug-likeness (QED) is 0.773. The molecule has 1 amide bonds. The van der Waals surface area contributed by atoms with Crippen molar-refractivity contribution in [1.82, 2.24) is 9.47 Å². The van der Waals surface area contributed by atoms with Gasteiger partial charge in [0.15, 0.2) is 0 Å². The number of ether oxygens (including phenoxy) is 1. The summed E-state index contributed by atoms with van der Waals surface area (Å²) in [6.07, 6.45) is 2.58. The fraction of sp³-hybridized carbons (Fsp3) is 0.350. The van der Waals surface area contributed by atoms with Crippen molar-refractivity contribution >= 4 is 11.9 Å². The molecule has 1 saturated heterocycles. The lowest BCUT2D eigenvalue weighted by Gasteiger charge is -2.31. The monoisotopic (exact) mass is 372 g/mol. The molecule has 3 rings (SSSR count). The largest absolute Gasteiger partial charge is 0.466 e. The van der Waals surface area contributed by atoms with E-state index in [4.69, 9.17) is 4.74 Å². The predicted molar refractivity (Wildman–Crippen MR) is 97.3 cm³/mol. The van der Waals surface area contributed by atoms with Crippen LogP contribution in [-0.2, 0) is 9.53 Å². The maximum atomic E-state index is 13.1. The molecule has 1 aromatic carbocycles. The summed E-state index contributed by atoms with van der Waals surface area (Å²) in [6.45, 7) is 3.03. The molecular formula is C20H21FN2O4. The van der Waals surface area contributed by atoms with Crippen molar-refractivity contribution in [2.24, 2.45) is 5.92 Å². The minimum absolute atomic E-state index is 0.179. The molecule has 1 aliphatic heterocycles. The number of halogens is 1. The van der Waals surface area contributed by atoms with E-state index in [-0.39, 0.29) is 23.4 Å². The van der Waals surface area contributed by atoms with Gasteiger partial charge in [0, 0.05) is 31.0 Å². The SMILES string of the molecule is CCOC(=O)C1CCN(C(=O)c2ccc(=O)n(-c3ccc(F)cc3)c2)CC1. The number of hydrogen-bond donors (Lipinski definition) is 0. The standard InChI is InChI=1S/C20H21FN2O4/c1-2-27-20(26)14-9-11-22(12-10-14)19(25)15-3-8-18(24)23(13-15)17-6-4-16(21)5-7-17/h3-8,13-14H,2,9-12H2,1H3. The number of aromatic nitrogens is 1. The van der Waals surface area contributed by atoms with Gasteiger partial charge in [0.05, 0.1) is 18.1 Å². The number of esters is 1. The highest BCUT2D eigenvalue weighted by Gasteiger charge is 2.28. The molecule has 1 aromatic heterocycles. The highest BCUT2D eigenvalue weighted by Crippen LogP contribution is 2.20. The molecule has 2 aromatic rings. The zero-order valence-electron chi connectivity index (χ0n) is 15.1. The number of carbonyl (C=O) groups excluding carboxylic acids is 2. The maximum Gasteiger partial charge on any atom is 0.309 e. The van der Waals surface area contributed by atoms with Gasteiger partial charge in [0.2, 0.25) is 0 Å². The van der Waals surface area contributed by atoms with Gasteiger partial charge in [-0.25, -0.2) is 4.39 Å². The zero-order valence-corrected chi connectivity index (χ0v) is 15.1. The van der Waals surface area contributed by atoms with Crippen LogP contribution in [0.3, 0.4) is 0 Å². The van der Waals surface area contributed by atoms with Gasteiger partial charge in [-0.1, -0.05) is 0 Å². The zero-order chi connectivity index (χ0) is 19.4. The molecule has 27 heavy (non-hydrogen) atoms. The van der Waals surface area contributed by atoms with E-state index in [9.17, 15) is 18.8 Å². The van der Waals surface area contributed by atoms with Gasteiger partial charge in [-0.05, 0) is 50.1 Å². The maximum absolute atomic E-state index is 13.1. The molecule has 0 unspecified atom stereocenters. The Hall–Kier alpha value is -2.96. The van der Waals surface area contributed by atoms with E-state index in [1.165, 1.54) is 47.2 Å². The normalized spacial score (nSPS) is 14.8. The van der Waals surface area contributed by atoms with Crippen LogP contribution < -0.4 is 5.56 Å². The minimum atomic E-state index is -0.400. The molecule has 0 spiro atoms. The summed E-state index contributed by atoms with van der Waals surface area (Å²) in [5, 5.41) is 0. The molecule has 142 valence electrons. The molecule has 2 heterocycles. The smallest absolute Gasteiger partial charge is 0.309 e. The van der Waals surface area contributed by atoms with Crippen LogP contribution in [0.2, 0.25) is 0 Å². The minimum Gasteiger partial charge on any atom is -0.466 e. The summed E-state index contributed by atoms with van der Waals surface area (Å²) in [4.78, 5) is 38.4. The van der Waals surface area contributed by atoms with Crippen molar-refractivity contribution in [2.75, 3.05) is 19.7 Å². The van der Waals surface area contributed by atoms with Crippen LogP contribution in [0.15, 0.2) is 47.4 Å². The Labute approximate surface area is 156 Å². The van der Waals surface area contributed by atoms with Gasteiger partial charge < -0.3 is 9.64 Å². The molecule has 7 heteroatoms. The van der Waals surface area contributed by atoms with Gasteiger partial charge in [-0.2, -0.15) is 0 Å². The molecular weight excluding hydrogens is 351 g/mol. The molecule has 0 atom stereocenters. The second-order valence-corrected chi connectivity index (χ2v) is 6.42. The summed E-state index contributed by atoms with van der Waals surface area (Å²) in [5.74, 6) is -0.992. The van der Waals surface area contributed by atoms with Crippen LogP contribution in [0.4, 0.5) is 4.39 Å². The molecule has 1 aliphatic rings. The number of hydrogen-bond acceptors (Lipinski definition) is 4. The van der Waals surface area contributed by atoms with E-state index in [1.54, 1.807) is 11.8 Å². The van der Waals surface area contributed by atoms with E-state index in [1.807, 2.05) is 0 Å². The van der Waals surface area contributed by atoms with Gasteiger partial charge in [-0.3, -0.25) is 19.0 Å². The van der Waals surface area contributed by atoms with Gasteiger partial charge >= 0.3 is 5.97 Å². The first-order valence-electron chi connectivity index (χ1n) is 8.94. The average molecular weight is 372 g/mol. The van der Waals surface area contributed by atoms with E-state index in [0.717, 1.165) is 0 Å². The topological polar surface area (TPSA) is 68.6 Å². The third-order valence-corrected chi connectivity index (χ3v) is 4.66. The summed E-state index contributed by atoms with van der Waals surface area (Å²) in [7, 11) is 0. The van der Waals surface area contributed by atoms with Gasteiger partial charge in [0.25, 0.3) is 11.5 Å². The second-order valence-electron chi connectivity index (χ2n) is 6.42. The Morgan fingerprint density at radius 3 is 2.41 bits per heavy atom. The average Bonchev–Trinajstić information content (AvgIpc) is 2.69. The second kappa shape index (κ2) is 8.16. The molecule has 0 saturated carbocycles. The van der Waals surface area contributed by atoms with E-state index >= 15 is 0 Å². The first kappa shape index (κ1) is 18.8. The molecule has 0 radical (unpaired) electrons. The highest BCUT2D eigenvalue weighted by molar-refractivity contribution is 5.94. The number of carbonyl (C=O) groups is 2. The van der Waals surface area contributed by atoms with Gasteiger partial charge in [0.1, 0.15) is 5.82 Å². The third-order valence-electron chi connectivity index (χ3n) is 4.66. The summed E-state index contributed by atoms with van der Waals surface area (Å²) < 4.78 is 19.5. The Morgan fingerprint density at radius 2 is 1.78 bits per heavy atom. The molecule has 1 fully saturated rings. The van der Waals surface area contributed by atoms with Crippen molar-refractivity contribution in [3.8, 4) is 5.69 Å². The van der Waals surface area contributed by atoms with E-state index < -0.39 is 5.82 Å². The molecule has 0 aliphatic carbocycles. The fourth-order valence-corrected chi connectivity index (χ4v) is 3.18. The van der Waals surface area contributed by atoms with Crippen molar-refractivity contribution < 1.29 is 18.7 Å². The van der Waals surface area contributed by atoms with Crippen LogP contribution in [0, 0.1) is 11.7 Å². The van der Waals surface area contributed by atoms with Crippen molar-refractivity contribution in [2.45, 2.75) is 19.8 Å². The number of likely N-dealkylation sites (tertiary alicyclic amines) is 1. The van der Waals surface area contributed by atoms with Crippen molar-refractivity contribution in [3.63, 3.8) is 0 Å². The summed E-state index contributed by atoms with van der Waals surface area (Å²) in [5.41, 5.74) is 0.546. The van der Waals surface area contributed by atoms with Crippen LogP contribution in [0.25, 0.3) is 5.69 Å². The third kappa shape index (κ3) is 4.24. The first-order valence-corrected chi connectivity index (χ1v) is 8.94. The Bertz CT molecular complexity index is 884. The number of piperidine rings is 1. The number of rotatable bonds is 4. The van der Waals surface area contributed by atoms with E-state index in [2.05, 4.69) is 0 Å². The Kier molecular flexibility index (Phi) is 5.69. The van der Waals surface area contributed by atoms with Crippen LogP contribution in [0.5, 0.6) is 0 Å². The summed E-state index contributed by atoms with van der Waals surface area (Å²) in [6, 6.07) is 8.29. The lowest BCUT2D eigenvalue weighted by molar-refractivity contribution is -0.149. The van der Waals surface area contributed by atoms with Gasteiger partial charge in [-0.15, -0.1) is 0 Å². The fourth-order valence-electron chi connectivity index (χ4n) is 3.18. The Morgan fingerprint density at radius 1 is 1.11 bits per heavy atom. The lowest BCUT2D eigenvalue weighted by atomic mass is 9.96. The molecule has 0 N–H and O–H groups in total. The highest BCUT2D eigenvalue weighted by atomic mass is 19.1.